The third-order valence-electron chi connectivity index (χ3n) is 2.36. The quantitative estimate of drug-likeness (QED) is 0.662. The number of rotatable bonds is 5. The normalized spacial score (nSPS) is 11.2. The predicted octanol–water partition coefficient (Wildman–Crippen LogP) is -0.631. The van der Waals surface area contributed by atoms with Gasteiger partial charge in [0.1, 0.15) is 6.54 Å². The molecule has 0 spiro atoms. The van der Waals surface area contributed by atoms with E-state index >= 15 is 0 Å². The highest BCUT2D eigenvalue weighted by atomic mass is 79.9. The molecule has 0 amide bonds. The minimum atomic E-state index is 0. The first-order valence-corrected chi connectivity index (χ1v) is 5.53. The molecule has 0 aliphatic heterocycles. The topological polar surface area (TPSA) is 17.1 Å². The minimum absolute atomic E-state index is 0. The van der Waals surface area contributed by atoms with Crippen LogP contribution in [0.4, 0.5) is 0 Å². The first-order chi connectivity index (χ1) is 7.49. The Balaban J connectivity index is 0.00000256. The zero-order chi connectivity index (χ0) is 12.0. The standard InChI is InChI=1S/C14H20NO.BrH/c1-13(16)12-15(2,3)11-7-10-14-8-5-4-6-9-14;/h4-10H,11-12H2,1-3H3;1H/q+1;/p-1/b10-7-;. The van der Waals surface area contributed by atoms with Crippen LogP contribution in [-0.2, 0) is 4.79 Å². The van der Waals surface area contributed by atoms with E-state index in [2.05, 4.69) is 38.4 Å². The SMILES string of the molecule is CC(=O)C[N+](C)(C)C/C=C\c1ccccc1.[Br-]. The fourth-order valence-corrected chi connectivity index (χ4v) is 1.71. The van der Waals surface area contributed by atoms with Gasteiger partial charge in [0.15, 0.2) is 5.78 Å². The Morgan fingerprint density at radius 2 is 1.82 bits per heavy atom. The second-order valence-corrected chi connectivity index (χ2v) is 4.79. The lowest BCUT2D eigenvalue weighted by atomic mass is 10.2. The number of Topliss-reactive ketones (excluding diaryl/α,β-unsaturated/α-hetero) is 1. The molecule has 94 valence electrons. The fraction of sp³-hybridized carbons (Fsp3) is 0.357. The van der Waals surface area contributed by atoms with Gasteiger partial charge >= 0.3 is 0 Å². The summed E-state index contributed by atoms with van der Waals surface area (Å²) in [6.07, 6.45) is 4.22. The highest BCUT2D eigenvalue weighted by Gasteiger charge is 2.14. The molecule has 0 saturated heterocycles. The molecule has 0 N–H and O–H groups in total. The number of ketones is 1. The van der Waals surface area contributed by atoms with Gasteiger partial charge in [0.05, 0.1) is 20.6 Å². The van der Waals surface area contributed by atoms with Gasteiger partial charge in [0.2, 0.25) is 0 Å². The van der Waals surface area contributed by atoms with Gasteiger partial charge < -0.3 is 21.5 Å². The molecule has 3 heteroatoms. The Bertz CT molecular complexity index is 371. The van der Waals surface area contributed by atoms with Crippen LogP contribution in [0, 0.1) is 0 Å². The molecule has 0 heterocycles. The van der Waals surface area contributed by atoms with Crippen molar-refractivity contribution in [2.75, 3.05) is 27.2 Å². The molecule has 0 atom stereocenters. The maximum absolute atomic E-state index is 11.1. The van der Waals surface area contributed by atoms with E-state index in [0.717, 1.165) is 6.54 Å². The number of halogens is 1. The lowest BCUT2D eigenvalue weighted by molar-refractivity contribution is -0.876. The number of hydrogen-bond acceptors (Lipinski definition) is 1. The molecule has 2 nitrogen and oxygen atoms in total. The van der Waals surface area contributed by atoms with Crippen molar-refractivity contribution in [3.05, 3.63) is 42.0 Å². The summed E-state index contributed by atoms with van der Waals surface area (Å²) in [7, 11) is 4.13. The van der Waals surface area contributed by atoms with Crippen LogP contribution in [0.3, 0.4) is 0 Å². The molecule has 1 rings (SSSR count). The van der Waals surface area contributed by atoms with Gasteiger partial charge in [0, 0.05) is 6.92 Å². The van der Waals surface area contributed by atoms with E-state index in [0.29, 0.717) is 11.0 Å². The number of nitrogens with zero attached hydrogens (tertiary/aromatic N) is 1. The average Bonchev–Trinajstić information content (AvgIpc) is 2.16. The fourth-order valence-electron chi connectivity index (χ4n) is 1.71. The third-order valence-corrected chi connectivity index (χ3v) is 2.36. The molecule has 0 saturated carbocycles. The Morgan fingerprint density at radius 3 is 2.35 bits per heavy atom. The summed E-state index contributed by atoms with van der Waals surface area (Å²) in [5.74, 6) is 0.234. The summed E-state index contributed by atoms with van der Waals surface area (Å²) >= 11 is 0. The summed E-state index contributed by atoms with van der Waals surface area (Å²) in [4.78, 5) is 11.1. The van der Waals surface area contributed by atoms with Crippen molar-refractivity contribution in [3.63, 3.8) is 0 Å². The third kappa shape index (κ3) is 7.08. The Kier molecular flexibility index (Phi) is 7.00. The van der Waals surface area contributed by atoms with Gasteiger partial charge in [0.25, 0.3) is 0 Å². The van der Waals surface area contributed by atoms with Crippen LogP contribution in [0.2, 0.25) is 0 Å². The van der Waals surface area contributed by atoms with Crippen molar-refractivity contribution in [2.24, 2.45) is 0 Å². The molecule has 0 bridgehead atoms. The summed E-state index contributed by atoms with van der Waals surface area (Å²) in [5, 5.41) is 0. The van der Waals surface area contributed by atoms with Crippen LogP contribution >= 0.6 is 0 Å². The van der Waals surface area contributed by atoms with E-state index < -0.39 is 0 Å². The van der Waals surface area contributed by atoms with E-state index in [4.69, 9.17) is 0 Å². The lowest BCUT2D eigenvalue weighted by Crippen LogP contribution is -3.00. The molecule has 0 fully saturated rings. The summed E-state index contributed by atoms with van der Waals surface area (Å²) in [5.41, 5.74) is 1.20. The molecule has 1 aromatic rings. The van der Waals surface area contributed by atoms with Gasteiger partial charge in [-0.25, -0.2) is 0 Å². The smallest absolute Gasteiger partial charge is 0.183 e. The maximum Gasteiger partial charge on any atom is 0.183 e. The number of hydrogen-bond donors (Lipinski definition) is 0. The largest absolute Gasteiger partial charge is 1.00 e. The van der Waals surface area contributed by atoms with Gasteiger partial charge in [-0.3, -0.25) is 4.79 Å². The van der Waals surface area contributed by atoms with Crippen molar-refractivity contribution in [2.45, 2.75) is 6.92 Å². The minimum Gasteiger partial charge on any atom is -1.00 e. The zero-order valence-corrected chi connectivity index (χ0v) is 12.3. The van der Waals surface area contributed by atoms with Crippen molar-refractivity contribution in [1.29, 1.82) is 0 Å². The Hall–Kier alpha value is -0.930. The van der Waals surface area contributed by atoms with E-state index in [9.17, 15) is 4.79 Å². The summed E-state index contributed by atoms with van der Waals surface area (Å²) < 4.78 is 0.707. The van der Waals surface area contributed by atoms with Gasteiger partial charge in [-0.05, 0) is 11.6 Å². The molecule has 0 aromatic heterocycles. The first-order valence-electron chi connectivity index (χ1n) is 5.53. The molecule has 0 unspecified atom stereocenters. The van der Waals surface area contributed by atoms with Crippen molar-refractivity contribution < 1.29 is 26.3 Å². The predicted molar refractivity (Wildman–Crippen MR) is 68.0 cm³/mol. The second kappa shape index (κ2) is 7.41. The molecule has 17 heavy (non-hydrogen) atoms. The Morgan fingerprint density at radius 1 is 1.24 bits per heavy atom. The monoisotopic (exact) mass is 297 g/mol. The van der Waals surface area contributed by atoms with Crippen molar-refractivity contribution in [1.82, 2.24) is 0 Å². The first kappa shape index (κ1) is 16.1. The number of quaternary nitrogens is 1. The lowest BCUT2D eigenvalue weighted by Gasteiger charge is -2.26. The van der Waals surface area contributed by atoms with Crippen molar-refractivity contribution in [3.8, 4) is 0 Å². The second-order valence-electron chi connectivity index (χ2n) is 4.79. The summed E-state index contributed by atoms with van der Waals surface area (Å²) in [6.45, 7) is 3.09. The van der Waals surface area contributed by atoms with Crippen LogP contribution in [0.15, 0.2) is 36.4 Å². The molecular weight excluding hydrogens is 278 g/mol. The van der Waals surface area contributed by atoms with E-state index in [1.54, 1.807) is 6.92 Å². The van der Waals surface area contributed by atoms with Gasteiger partial charge in [-0.1, -0.05) is 36.4 Å². The van der Waals surface area contributed by atoms with Crippen LogP contribution < -0.4 is 17.0 Å². The van der Waals surface area contributed by atoms with E-state index in [1.165, 1.54) is 5.56 Å². The highest BCUT2D eigenvalue weighted by molar-refractivity contribution is 5.76. The molecule has 1 aromatic carbocycles. The number of likely N-dealkylation sites (N-methyl/N-ethyl adjacent to an activating group) is 1. The number of benzene rings is 1. The van der Waals surface area contributed by atoms with Crippen LogP contribution in [0.1, 0.15) is 12.5 Å². The van der Waals surface area contributed by atoms with E-state index in [1.807, 2.05) is 18.2 Å². The summed E-state index contributed by atoms with van der Waals surface area (Å²) in [6, 6.07) is 10.2. The van der Waals surface area contributed by atoms with Gasteiger partial charge in [-0.2, -0.15) is 0 Å². The van der Waals surface area contributed by atoms with Crippen LogP contribution in [0.25, 0.3) is 6.08 Å². The van der Waals surface area contributed by atoms with Crippen LogP contribution in [0.5, 0.6) is 0 Å². The number of carbonyl (C=O) groups is 1. The van der Waals surface area contributed by atoms with E-state index in [-0.39, 0.29) is 22.8 Å². The molecular formula is C14H20BrNO. The molecule has 0 aliphatic carbocycles. The molecule has 0 aliphatic rings. The zero-order valence-electron chi connectivity index (χ0n) is 10.7. The van der Waals surface area contributed by atoms with Gasteiger partial charge in [-0.15, -0.1) is 0 Å². The maximum atomic E-state index is 11.1. The Labute approximate surface area is 114 Å². The molecule has 0 radical (unpaired) electrons. The van der Waals surface area contributed by atoms with Crippen LogP contribution in [-0.4, -0.2) is 37.5 Å². The number of carbonyl (C=O) groups excluding carboxylic acids is 1. The van der Waals surface area contributed by atoms with Crippen molar-refractivity contribution >= 4 is 11.9 Å². The average molecular weight is 298 g/mol. The highest BCUT2D eigenvalue weighted by Crippen LogP contribution is 2.03.